The zero-order valence-corrected chi connectivity index (χ0v) is 21.2. The van der Waals surface area contributed by atoms with Gasteiger partial charge in [-0.1, -0.05) is 39.0 Å². The molecular formula is C28H34FNO5. The van der Waals surface area contributed by atoms with Crippen LogP contribution in [-0.4, -0.2) is 47.6 Å². The van der Waals surface area contributed by atoms with Crippen LogP contribution >= 0.6 is 0 Å². The number of carbonyl (C=O) groups excluding carboxylic acids is 2. The smallest absolute Gasteiger partial charge is 0.295 e. The van der Waals surface area contributed by atoms with E-state index in [0.717, 1.165) is 5.56 Å². The van der Waals surface area contributed by atoms with E-state index >= 15 is 0 Å². The summed E-state index contributed by atoms with van der Waals surface area (Å²) in [5.74, 6) is -1.89. The first-order valence-corrected chi connectivity index (χ1v) is 11.9. The molecule has 35 heavy (non-hydrogen) atoms. The number of carbonyl (C=O) groups is 2. The summed E-state index contributed by atoms with van der Waals surface area (Å²) in [5.41, 5.74) is 0.876. The van der Waals surface area contributed by atoms with Gasteiger partial charge < -0.3 is 19.5 Å². The van der Waals surface area contributed by atoms with Gasteiger partial charge in [0.2, 0.25) is 0 Å². The second-order valence-corrected chi connectivity index (χ2v) is 9.83. The molecule has 0 aliphatic carbocycles. The molecule has 1 N–H and O–H groups in total. The molecule has 188 valence electrons. The van der Waals surface area contributed by atoms with Crippen LogP contribution in [0.2, 0.25) is 0 Å². The number of amides is 1. The van der Waals surface area contributed by atoms with E-state index in [4.69, 9.17) is 9.47 Å². The molecule has 1 unspecified atom stereocenters. The molecule has 1 amide bonds. The van der Waals surface area contributed by atoms with Crippen LogP contribution in [0.5, 0.6) is 5.75 Å². The van der Waals surface area contributed by atoms with Gasteiger partial charge in [0.1, 0.15) is 17.3 Å². The van der Waals surface area contributed by atoms with Crippen molar-refractivity contribution in [3.05, 3.63) is 70.5 Å². The van der Waals surface area contributed by atoms with Crippen molar-refractivity contribution in [1.29, 1.82) is 0 Å². The van der Waals surface area contributed by atoms with E-state index in [1.165, 1.54) is 23.1 Å². The lowest BCUT2D eigenvalue weighted by Crippen LogP contribution is -2.33. The number of hydrogen-bond acceptors (Lipinski definition) is 5. The highest BCUT2D eigenvalue weighted by molar-refractivity contribution is 6.46. The van der Waals surface area contributed by atoms with Gasteiger partial charge in [0, 0.05) is 23.2 Å². The lowest BCUT2D eigenvalue weighted by Gasteiger charge is -2.26. The minimum Gasteiger partial charge on any atom is -0.507 e. The lowest BCUT2D eigenvalue weighted by atomic mass is 9.84. The summed E-state index contributed by atoms with van der Waals surface area (Å²) in [6, 6.07) is 10.0. The Hall–Kier alpha value is -3.19. The fourth-order valence-electron chi connectivity index (χ4n) is 4.22. The highest BCUT2D eigenvalue weighted by Crippen LogP contribution is 2.41. The molecule has 3 rings (SSSR count). The number of likely N-dealkylation sites (tertiary alicyclic amines) is 1. The van der Waals surface area contributed by atoms with E-state index in [0.29, 0.717) is 17.9 Å². The van der Waals surface area contributed by atoms with E-state index in [1.54, 1.807) is 24.3 Å². The molecule has 0 spiro atoms. The molecule has 1 saturated heterocycles. The van der Waals surface area contributed by atoms with Gasteiger partial charge in [-0.2, -0.15) is 0 Å². The Kier molecular flexibility index (Phi) is 8.00. The molecule has 1 atom stereocenters. The molecule has 7 heteroatoms. The van der Waals surface area contributed by atoms with Crippen molar-refractivity contribution in [1.82, 2.24) is 4.90 Å². The Balaban J connectivity index is 2.17. The molecule has 1 fully saturated rings. The molecule has 0 aromatic heterocycles. The number of Topliss-reactive ketones (excluding diaryl/α,β-unsaturated/α-hetero) is 1. The Morgan fingerprint density at radius 1 is 1.14 bits per heavy atom. The molecule has 0 saturated carbocycles. The average Bonchev–Trinajstić information content (AvgIpc) is 3.03. The van der Waals surface area contributed by atoms with E-state index < -0.39 is 23.5 Å². The maximum absolute atomic E-state index is 14.9. The van der Waals surface area contributed by atoms with Gasteiger partial charge in [0.25, 0.3) is 11.7 Å². The first-order valence-electron chi connectivity index (χ1n) is 11.9. The molecule has 1 aliphatic heterocycles. The number of aliphatic hydroxyl groups excluding tert-OH is 1. The molecular weight excluding hydrogens is 449 g/mol. The van der Waals surface area contributed by atoms with E-state index in [9.17, 15) is 19.1 Å². The molecule has 6 nitrogen and oxygen atoms in total. The zero-order chi connectivity index (χ0) is 25.9. The molecule has 1 aliphatic rings. The molecule has 0 bridgehead atoms. The minimum atomic E-state index is -1.07. The van der Waals surface area contributed by atoms with Gasteiger partial charge in [0.15, 0.2) is 0 Å². The third-order valence-electron chi connectivity index (χ3n) is 5.88. The normalized spacial score (nSPS) is 17.9. The van der Waals surface area contributed by atoms with E-state index in [1.807, 2.05) is 41.5 Å². The van der Waals surface area contributed by atoms with Gasteiger partial charge in [-0.05, 0) is 50.5 Å². The number of aliphatic hydroxyl groups is 1. The average molecular weight is 484 g/mol. The quantitative estimate of drug-likeness (QED) is 0.310. The van der Waals surface area contributed by atoms with Crippen molar-refractivity contribution in [3.63, 3.8) is 0 Å². The topological polar surface area (TPSA) is 76.1 Å². The van der Waals surface area contributed by atoms with Gasteiger partial charge in [0.05, 0.1) is 30.9 Å². The maximum Gasteiger partial charge on any atom is 0.295 e. The van der Waals surface area contributed by atoms with Gasteiger partial charge in [-0.3, -0.25) is 9.59 Å². The van der Waals surface area contributed by atoms with Crippen LogP contribution in [0, 0.1) is 5.82 Å². The maximum atomic E-state index is 14.9. The summed E-state index contributed by atoms with van der Waals surface area (Å²) < 4.78 is 26.3. The lowest BCUT2D eigenvalue weighted by molar-refractivity contribution is -0.140. The number of nitrogens with zero attached hydrogens (tertiary/aromatic N) is 1. The molecule has 2 aromatic rings. The number of rotatable bonds is 8. The number of benzene rings is 2. The monoisotopic (exact) mass is 483 g/mol. The molecule has 1 heterocycles. The fraction of sp³-hybridized carbons (Fsp3) is 0.429. The molecule has 2 aromatic carbocycles. The third kappa shape index (κ3) is 5.56. The Morgan fingerprint density at radius 3 is 2.43 bits per heavy atom. The van der Waals surface area contributed by atoms with Crippen molar-refractivity contribution >= 4 is 17.4 Å². The second-order valence-electron chi connectivity index (χ2n) is 9.83. The summed E-state index contributed by atoms with van der Waals surface area (Å²) in [5, 5.41) is 11.4. The highest BCUT2D eigenvalue weighted by atomic mass is 19.1. The fourth-order valence-corrected chi connectivity index (χ4v) is 4.22. The summed E-state index contributed by atoms with van der Waals surface area (Å²) >= 11 is 0. The highest BCUT2D eigenvalue weighted by Gasteiger charge is 2.46. The Morgan fingerprint density at radius 2 is 1.83 bits per heavy atom. The van der Waals surface area contributed by atoms with Crippen molar-refractivity contribution in [2.75, 3.05) is 19.8 Å². The zero-order valence-electron chi connectivity index (χ0n) is 21.2. The van der Waals surface area contributed by atoms with Crippen LogP contribution in [0.1, 0.15) is 64.3 Å². The third-order valence-corrected chi connectivity index (χ3v) is 5.88. The standard InChI is InChI=1S/C28H34FNO5/c1-7-34-22-13-12-18(16-20(22)28(4,5)6)25(31)23-24(19-10-8-9-11-21(19)29)30(27(33)26(23)32)14-15-35-17(2)3/h8-13,16-17,24,31H,7,14-15H2,1-6H3/b25-23+. The first kappa shape index (κ1) is 26.4. The van der Waals surface area contributed by atoms with E-state index in [2.05, 4.69) is 0 Å². The Bertz CT molecular complexity index is 1130. The van der Waals surface area contributed by atoms with Crippen molar-refractivity contribution in [3.8, 4) is 5.75 Å². The predicted octanol–water partition coefficient (Wildman–Crippen LogP) is 5.37. The SMILES string of the molecule is CCOc1ccc(/C(O)=C2\C(=O)C(=O)N(CCOC(C)C)C2c2ccccc2F)cc1C(C)(C)C. The van der Waals surface area contributed by atoms with Gasteiger partial charge in [-0.15, -0.1) is 0 Å². The summed E-state index contributed by atoms with van der Waals surface area (Å²) in [7, 11) is 0. The van der Waals surface area contributed by atoms with Crippen LogP contribution in [0.15, 0.2) is 48.0 Å². The summed E-state index contributed by atoms with van der Waals surface area (Å²) in [6.07, 6.45) is -0.0709. The van der Waals surface area contributed by atoms with Crippen molar-refractivity contribution in [2.24, 2.45) is 0 Å². The molecule has 0 radical (unpaired) electrons. The van der Waals surface area contributed by atoms with Crippen LogP contribution in [0.25, 0.3) is 5.76 Å². The number of hydrogen-bond donors (Lipinski definition) is 1. The summed E-state index contributed by atoms with van der Waals surface area (Å²) in [6.45, 7) is 12.4. The van der Waals surface area contributed by atoms with Crippen molar-refractivity contribution in [2.45, 2.75) is 59.1 Å². The minimum absolute atomic E-state index is 0.0709. The number of ether oxygens (including phenoxy) is 2. The predicted molar refractivity (Wildman–Crippen MR) is 133 cm³/mol. The van der Waals surface area contributed by atoms with Gasteiger partial charge in [-0.25, -0.2) is 4.39 Å². The van der Waals surface area contributed by atoms with E-state index in [-0.39, 0.29) is 41.6 Å². The first-order chi connectivity index (χ1) is 16.5. The number of ketones is 1. The van der Waals surface area contributed by atoms with Gasteiger partial charge >= 0.3 is 0 Å². The second kappa shape index (κ2) is 10.6. The number of halogens is 1. The Labute approximate surface area is 206 Å². The largest absolute Gasteiger partial charge is 0.507 e. The van der Waals surface area contributed by atoms with Crippen LogP contribution in [0.3, 0.4) is 0 Å². The van der Waals surface area contributed by atoms with Crippen LogP contribution < -0.4 is 4.74 Å². The summed E-state index contributed by atoms with van der Waals surface area (Å²) in [4.78, 5) is 27.5. The van der Waals surface area contributed by atoms with Crippen LogP contribution in [-0.2, 0) is 19.7 Å². The van der Waals surface area contributed by atoms with Crippen LogP contribution in [0.4, 0.5) is 4.39 Å². The van der Waals surface area contributed by atoms with Crippen molar-refractivity contribution < 1.29 is 28.6 Å².